The fourth-order valence-electron chi connectivity index (χ4n) is 2.90. The van der Waals surface area contributed by atoms with Gasteiger partial charge in [-0.1, -0.05) is 6.07 Å². The predicted molar refractivity (Wildman–Crippen MR) is 84.8 cm³/mol. The number of phenolic OH excluding ortho intramolecular Hbond substituents is 3. The van der Waals surface area contributed by atoms with Gasteiger partial charge in [-0.2, -0.15) is 0 Å². The monoisotopic (exact) mass is 317 g/mol. The van der Waals surface area contributed by atoms with Crippen LogP contribution in [0.5, 0.6) is 28.7 Å². The van der Waals surface area contributed by atoms with Gasteiger partial charge in [0.25, 0.3) is 0 Å². The number of phenols is 3. The van der Waals surface area contributed by atoms with Crippen molar-refractivity contribution < 1.29 is 24.8 Å². The summed E-state index contributed by atoms with van der Waals surface area (Å²) in [6.07, 6.45) is 0. The van der Waals surface area contributed by atoms with Gasteiger partial charge in [-0.15, -0.1) is 0 Å². The van der Waals surface area contributed by atoms with Crippen LogP contribution in [-0.2, 0) is 7.05 Å². The highest BCUT2D eigenvalue weighted by molar-refractivity contribution is 6.03. The maximum Gasteiger partial charge on any atom is 0.207 e. The van der Waals surface area contributed by atoms with Gasteiger partial charge in [-0.25, -0.2) is 0 Å². The normalized spacial score (nSPS) is 11.1. The smallest absolute Gasteiger partial charge is 0.207 e. The van der Waals surface area contributed by atoms with Crippen molar-refractivity contribution in [2.24, 2.45) is 7.05 Å². The van der Waals surface area contributed by atoms with Gasteiger partial charge in [0.15, 0.2) is 11.5 Å². The van der Waals surface area contributed by atoms with Gasteiger partial charge in [0.1, 0.15) is 11.3 Å². The summed E-state index contributed by atoms with van der Waals surface area (Å²) in [6, 6.07) is 4.53. The van der Waals surface area contributed by atoms with Crippen molar-refractivity contribution in [1.29, 1.82) is 0 Å². The van der Waals surface area contributed by atoms with E-state index in [4.69, 9.17) is 9.47 Å². The fraction of sp³-hybridized carbons (Fsp3) is 0.188. The Bertz CT molecular complexity index is 1010. The summed E-state index contributed by atoms with van der Waals surface area (Å²) in [6.45, 7) is 0. The minimum atomic E-state index is -0.502. The quantitative estimate of drug-likeness (QED) is 0.623. The minimum Gasteiger partial charge on any atom is -0.506 e. The lowest BCUT2D eigenvalue weighted by atomic mass is 10.1. The molecule has 0 amide bonds. The van der Waals surface area contributed by atoms with Crippen molar-refractivity contribution in [2.75, 3.05) is 14.2 Å². The third-order valence-electron chi connectivity index (χ3n) is 3.90. The number of aryl methyl sites for hydroxylation is 1. The van der Waals surface area contributed by atoms with Crippen LogP contribution in [0.15, 0.2) is 23.0 Å². The summed E-state index contributed by atoms with van der Waals surface area (Å²) in [5, 5.41) is 30.9. The molecule has 0 unspecified atom stereocenters. The van der Waals surface area contributed by atoms with Crippen molar-refractivity contribution in [1.82, 2.24) is 4.57 Å². The molecule has 120 valence electrons. The van der Waals surface area contributed by atoms with Crippen LogP contribution in [0.4, 0.5) is 0 Å². The average molecular weight is 317 g/mol. The van der Waals surface area contributed by atoms with E-state index in [1.165, 1.54) is 30.9 Å². The first-order valence-electron chi connectivity index (χ1n) is 6.74. The van der Waals surface area contributed by atoms with Gasteiger partial charge in [-0.3, -0.25) is 4.79 Å². The zero-order valence-electron chi connectivity index (χ0n) is 12.7. The number of fused-ring (bicyclic) bond motifs is 2. The molecule has 0 aliphatic heterocycles. The van der Waals surface area contributed by atoms with Gasteiger partial charge < -0.3 is 29.4 Å². The zero-order valence-corrected chi connectivity index (χ0v) is 12.7. The van der Waals surface area contributed by atoms with Gasteiger partial charge in [-0.05, 0) is 12.1 Å². The predicted octanol–water partition coefficient (Wildman–Crippen LogP) is 1.83. The summed E-state index contributed by atoms with van der Waals surface area (Å²) < 4.78 is 11.7. The van der Waals surface area contributed by atoms with Crippen LogP contribution in [0.2, 0.25) is 0 Å². The number of methoxy groups -OCH3 is 2. The van der Waals surface area contributed by atoms with E-state index in [1.54, 1.807) is 13.1 Å². The Balaban J connectivity index is 2.76. The first-order valence-corrected chi connectivity index (χ1v) is 6.74. The van der Waals surface area contributed by atoms with Crippen LogP contribution in [0.3, 0.4) is 0 Å². The van der Waals surface area contributed by atoms with Crippen LogP contribution >= 0.6 is 0 Å². The van der Waals surface area contributed by atoms with Gasteiger partial charge in [0.05, 0.1) is 30.5 Å². The highest BCUT2D eigenvalue weighted by Crippen LogP contribution is 2.49. The number of hydrogen-bond acceptors (Lipinski definition) is 6. The lowest BCUT2D eigenvalue weighted by Crippen LogP contribution is -2.11. The molecule has 0 saturated carbocycles. The number of rotatable bonds is 2. The lowest BCUT2D eigenvalue weighted by Gasteiger charge is -2.18. The van der Waals surface area contributed by atoms with E-state index in [9.17, 15) is 20.1 Å². The molecule has 3 N–H and O–H groups in total. The van der Waals surface area contributed by atoms with Crippen LogP contribution < -0.4 is 14.9 Å². The first-order chi connectivity index (χ1) is 10.9. The van der Waals surface area contributed by atoms with Crippen molar-refractivity contribution in [3.63, 3.8) is 0 Å². The van der Waals surface area contributed by atoms with E-state index < -0.39 is 16.9 Å². The number of hydrogen-bond donors (Lipinski definition) is 3. The van der Waals surface area contributed by atoms with Crippen molar-refractivity contribution in [3.8, 4) is 28.7 Å². The number of aromatic hydroxyl groups is 3. The Morgan fingerprint density at radius 2 is 1.61 bits per heavy atom. The van der Waals surface area contributed by atoms with Crippen LogP contribution in [-0.4, -0.2) is 34.1 Å². The van der Waals surface area contributed by atoms with Crippen molar-refractivity contribution in [2.45, 2.75) is 0 Å². The average Bonchev–Trinajstić information content (AvgIpc) is 2.52. The lowest BCUT2D eigenvalue weighted by molar-refractivity contribution is 0.326. The highest BCUT2D eigenvalue weighted by Gasteiger charge is 2.26. The topological polar surface area (TPSA) is 101 Å². The molecule has 0 saturated heterocycles. The molecule has 1 aromatic heterocycles. The fourth-order valence-corrected chi connectivity index (χ4v) is 2.90. The Kier molecular flexibility index (Phi) is 3.21. The van der Waals surface area contributed by atoms with E-state index in [2.05, 4.69) is 0 Å². The Labute approximate surface area is 130 Å². The van der Waals surface area contributed by atoms with Gasteiger partial charge >= 0.3 is 0 Å². The minimum absolute atomic E-state index is 0.0283. The molecule has 1 heterocycles. The third-order valence-corrected chi connectivity index (χ3v) is 3.90. The number of ether oxygens (including phenoxy) is 2. The van der Waals surface area contributed by atoms with Crippen molar-refractivity contribution in [3.05, 3.63) is 28.4 Å². The molecule has 0 aliphatic carbocycles. The van der Waals surface area contributed by atoms with Crippen molar-refractivity contribution >= 4 is 21.8 Å². The summed E-state index contributed by atoms with van der Waals surface area (Å²) in [7, 11) is 4.18. The Morgan fingerprint density at radius 3 is 2.22 bits per heavy atom. The number of aromatic nitrogens is 1. The van der Waals surface area contributed by atoms with E-state index in [-0.39, 0.29) is 39.1 Å². The first kappa shape index (κ1) is 14.8. The molecule has 3 rings (SSSR count). The molecule has 7 nitrogen and oxygen atoms in total. The number of benzene rings is 2. The largest absolute Gasteiger partial charge is 0.506 e. The molecule has 2 aromatic carbocycles. The molecule has 0 aliphatic rings. The molecule has 0 bridgehead atoms. The SMILES string of the molecule is COc1c(O)c(OC)c2c(c1O)c(=O)c1cccc(O)c1n2C. The van der Waals surface area contributed by atoms with Gasteiger partial charge in [0, 0.05) is 7.05 Å². The van der Waals surface area contributed by atoms with Crippen LogP contribution in [0.25, 0.3) is 21.8 Å². The second-order valence-electron chi connectivity index (χ2n) is 5.05. The van der Waals surface area contributed by atoms with Gasteiger partial charge in [0.2, 0.25) is 16.9 Å². The van der Waals surface area contributed by atoms with E-state index in [0.29, 0.717) is 0 Å². The molecule has 0 fully saturated rings. The zero-order chi connectivity index (χ0) is 16.9. The molecule has 0 atom stereocenters. The molecular weight excluding hydrogens is 302 g/mol. The Morgan fingerprint density at radius 1 is 0.957 bits per heavy atom. The Hall–Kier alpha value is -3.09. The number of nitrogens with zero attached hydrogens (tertiary/aromatic N) is 1. The third kappa shape index (κ3) is 1.79. The number of pyridine rings is 1. The summed E-state index contributed by atoms with van der Waals surface area (Å²) >= 11 is 0. The molecule has 23 heavy (non-hydrogen) atoms. The second-order valence-corrected chi connectivity index (χ2v) is 5.05. The van der Waals surface area contributed by atoms with E-state index in [1.807, 2.05) is 0 Å². The maximum absolute atomic E-state index is 12.8. The molecule has 0 spiro atoms. The van der Waals surface area contributed by atoms with Crippen LogP contribution in [0, 0.1) is 0 Å². The summed E-state index contributed by atoms with van der Waals surface area (Å²) in [4.78, 5) is 12.8. The molecule has 3 aromatic rings. The van der Waals surface area contributed by atoms with Crippen LogP contribution in [0.1, 0.15) is 0 Å². The standard InChI is InChI=1S/C16H15NO6/c1-17-10-7(5-4-6-8(10)18)12(19)9-11(17)15(22-2)14(21)16(23-3)13(9)20/h4-6,18,20-21H,1-3H3. The van der Waals surface area contributed by atoms with E-state index >= 15 is 0 Å². The highest BCUT2D eigenvalue weighted by atomic mass is 16.5. The summed E-state index contributed by atoms with van der Waals surface area (Å²) in [5.41, 5.74) is -0.0762. The maximum atomic E-state index is 12.8. The molecule has 7 heteroatoms. The second kappa shape index (κ2) is 4.98. The summed E-state index contributed by atoms with van der Waals surface area (Å²) in [5.74, 6) is -1.28. The number of para-hydroxylation sites is 1. The molecular formula is C16H15NO6. The van der Waals surface area contributed by atoms with E-state index in [0.717, 1.165) is 0 Å². The molecule has 0 radical (unpaired) electrons.